The zero-order valence-corrected chi connectivity index (χ0v) is 21.0. The fraction of sp³-hybridized carbons (Fsp3) is 0.481. The maximum Gasteiger partial charge on any atom is 0.255 e. The first-order valence-electron chi connectivity index (χ1n) is 12.7. The number of fused-ring (bicyclic) bond motifs is 3. The lowest BCUT2D eigenvalue weighted by Gasteiger charge is -2.27. The number of nitrogens with zero attached hydrogens (tertiary/aromatic N) is 6. The number of aliphatic hydroxyl groups is 1. The van der Waals surface area contributed by atoms with Gasteiger partial charge in [-0.25, -0.2) is 15.0 Å². The van der Waals surface area contributed by atoms with Crippen molar-refractivity contribution in [1.29, 1.82) is 0 Å². The first-order chi connectivity index (χ1) is 17.2. The topological polar surface area (TPSA) is 89.1 Å². The molecule has 4 aromatic heterocycles. The number of carbonyl (C=O) groups excluding carboxylic acids is 1. The van der Waals surface area contributed by atoms with E-state index in [1.54, 1.807) is 18.7 Å². The van der Waals surface area contributed by atoms with Gasteiger partial charge < -0.3 is 19.1 Å². The average Bonchev–Trinajstić information content (AvgIpc) is 3.52. The highest BCUT2D eigenvalue weighted by molar-refractivity contribution is 5.99. The molecule has 0 atom stereocenters. The molecule has 1 N–H and O–H groups in total. The van der Waals surface area contributed by atoms with Crippen molar-refractivity contribution >= 4 is 28.1 Å². The van der Waals surface area contributed by atoms with E-state index in [1.807, 2.05) is 29.8 Å². The first kappa shape index (κ1) is 23.1. The number of aryl methyl sites for hydroxylation is 1. The molecule has 0 unspecified atom stereocenters. The minimum absolute atomic E-state index is 0.0995. The van der Waals surface area contributed by atoms with Gasteiger partial charge in [0.2, 0.25) is 0 Å². The Kier molecular flexibility index (Phi) is 5.37. The fourth-order valence-corrected chi connectivity index (χ4v) is 5.13. The van der Waals surface area contributed by atoms with E-state index >= 15 is 0 Å². The van der Waals surface area contributed by atoms with Gasteiger partial charge in [-0.05, 0) is 63.3 Å². The molecule has 5 heterocycles. The van der Waals surface area contributed by atoms with Gasteiger partial charge in [0.1, 0.15) is 16.8 Å². The van der Waals surface area contributed by atoms with Crippen LogP contribution in [-0.4, -0.2) is 59.8 Å². The van der Waals surface area contributed by atoms with Gasteiger partial charge in [-0.3, -0.25) is 9.18 Å². The average molecular weight is 491 g/mol. The first-order valence-corrected chi connectivity index (χ1v) is 12.7. The summed E-state index contributed by atoms with van der Waals surface area (Å²) >= 11 is 0. The summed E-state index contributed by atoms with van der Waals surface area (Å²) in [5, 5.41) is 11.5. The Bertz CT molecular complexity index is 1490. The third kappa shape index (κ3) is 3.86. The maximum atomic E-state index is 13.0. The third-order valence-corrected chi connectivity index (χ3v) is 7.36. The summed E-state index contributed by atoms with van der Waals surface area (Å²) in [5.74, 6) is 1.28. The maximum absolute atomic E-state index is 13.0. The summed E-state index contributed by atoms with van der Waals surface area (Å²) in [6.45, 7) is 4.88. The molecule has 0 radical (unpaired) electrons. The lowest BCUT2D eigenvalue weighted by Crippen LogP contribution is -2.38. The summed E-state index contributed by atoms with van der Waals surface area (Å²) < 4.78 is 16.9. The molecule has 1 fully saturated rings. The smallest absolute Gasteiger partial charge is 0.255 e. The van der Waals surface area contributed by atoms with Gasteiger partial charge in [0.15, 0.2) is 11.5 Å². The number of imidazole rings is 1. The fourth-order valence-electron chi connectivity index (χ4n) is 5.13. The summed E-state index contributed by atoms with van der Waals surface area (Å²) in [4.78, 5) is 29.4. The van der Waals surface area contributed by atoms with E-state index in [-0.39, 0.29) is 5.91 Å². The molecule has 0 aromatic carbocycles. The van der Waals surface area contributed by atoms with Crippen molar-refractivity contribution in [3.8, 4) is 11.5 Å². The minimum atomic E-state index is -1.03. The van der Waals surface area contributed by atoms with Gasteiger partial charge in [0.25, 0.3) is 5.91 Å². The highest BCUT2D eigenvalue weighted by atomic mass is 19.1. The molecule has 2 aliphatic rings. The number of aromatic nitrogens is 5. The van der Waals surface area contributed by atoms with Crippen LogP contribution < -0.4 is 0 Å². The van der Waals surface area contributed by atoms with E-state index in [2.05, 4.69) is 10.6 Å². The molecule has 9 heteroatoms. The molecule has 1 aliphatic heterocycles. The number of hydrogen-bond acceptors (Lipinski definition) is 5. The molecule has 6 rings (SSSR count). The second-order valence-electron chi connectivity index (χ2n) is 10.7. The van der Waals surface area contributed by atoms with E-state index in [0.717, 1.165) is 40.4 Å². The predicted molar refractivity (Wildman–Crippen MR) is 135 cm³/mol. The molecule has 8 nitrogen and oxygen atoms in total. The third-order valence-electron chi connectivity index (χ3n) is 7.36. The summed E-state index contributed by atoms with van der Waals surface area (Å²) in [5.41, 5.74) is 4.13. The molecule has 188 valence electrons. The SMILES string of the molecule is Cn1c(-c2cc3ccc(C(C)(C)O)nc3n2CC2CC2)nc2cc3c(nc21)CCN(CCCF)C3=O. The number of rotatable bonds is 7. The van der Waals surface area contributed by atoms with Gasteiger partial charge >= 0.3 is 0 Å². The quantitative estimate of drug-likeness (QED) is 0.423. The second-order valence-corrected chi connectivity index (χ2v) is 10.7. The largest absolute Gasteiger partial charge is 0.384 e. The van der Waals surface area contributed by atoms with Crippen LogP contribution in [0, 0.1) is 5.92 Å². The highest BCUT2D eigenvalue weighted by Gasteiger charge is 2.29. The number of hydrogen-bond donors (Lipinski definition) is 1. The molecule has 1 saturated carbocycles. The summed E-state index contributed by atoms with van der Waals surface area (Å²) in [7, 11) is 1.96. The standard InChI is InChI=1S/C27H31FN6O2/c1-27(2,36)22-8-7-17-13-21(34(23(17)31-22)15-16-5-6-16)25-30-20-14-18-19(29-24(20)32(25)3)9-12-33(26(18)35)11-4-10-28/h7-8,13-14,16,36H,4-6,9-12,15H2,1-3H3. The van der Waals surface area contributed by atoms with Crippen LogP contribution in [0.15, 0.2) is 24.3 Å². The van der Waals surface area contributed by atoms with E-state index in [0.29, 0.717) is 48.6 Å². The van der Waals surface area contributed by atoms with Crippen molar-refractivity contribution in [1.82, 2.24) is 29.0 Å². The monoisotopic (exact) mass is 490 g/mol. The normalized spacial score (nSPS) is 16.4. The van der Waals surface area contributed by atoms with Crippen molar-refractivity contribution in [2.45, 2.75) is 51.7 Å². The van der Waals surface area contributed by atoms with Crippen LogP contribution in [0.3, 0.4) is 0 Å². The molecular formula is C27H31FN6O2. The van der Waals surface area contributed by atoms with Gasteiger partial charge in [-0.1, -0.05) is 0 Å². The van der Waals surface area contributed by atoms with Crippen molar-refractivity contribution in [2.24, 2.45) is 13.0 Å². The molecule has 1 amide bonds. The molecule has 0 bridgehead atoms. The Morgan fingerprint density at radius 1 is 1.14 bits per heavy atom. The Hall–Kier alpha value is -3.33. The zero-order chi connectivity index (χ0) is 25.2. The summed E-state index contributed by atoms with van der Waals surface area (Å²) in [6, 6.07) is 7.82. The Morgan fingerprint density at radius 3 is 2.67 bits per heavy atom. The number of halogens is 1. The number of pyridine rings is 2. The van der Waals surface area contributed by atoms with Crippen LogP contribution in [0.25, 0.3) is 33.7 Å². The molecule has 4 aromatic rings. The van der Waals surface area contributed by atoms with E-state index in [9.17, 15) is 14.3 Å². The van der Waals surface area contributed by atoms with Gasteiger partial charge in [0, 0.05) is 38.5 Å². The van der Waals surface area contributed by atoms with E-state index < -0.39 is 12.3 Å². The zero-order valence-electron chi connectivity index (χ0n) is 21.0. The Morgan fingerprint density at radius 2 is 1.94 bits per heavy atom. The van der Waals surface area contributed by atoms with Crippen LogP contribution in [0.1, 0.15) is 54.9 Å². The predicted octanol–water partition coefficient (Wildman–Crippen LogP) is 3.98. The van der Waals surface area contributed by atoms with Gasteiger partial charge in [-0.15, -0.1) is 0 Å². The lowest BCUT2D eigenvalue weighted by molar-refractivity contribution is 0.0730. The Balaban J connectivity index is 1.47. The van der Waals surface area contributed by atoms with Crippen LogP contribution in [0.2, 0.25) is 0 Å². The molecule has 0 spiro atoms. The molecule has 1 aliphatic carbocycles. The molecule has 36 heavy (non-hydrogen) atoms. The molecule has 0 saturated heterocycles. The van der Waals surface area contributed by atoms with Gasteiger partial charge in [-0.2, -0.15) is 0 Å². The van der Waals surface area contributed by atoms with E-state index in [1.165, 1.54) is 12.8 Å². The Labute approximate surface area is 208 Å². The van der Waals surface area contributed by atoms with Crippen molar-refractivity contribution in [3.63, 3.8) is 0 Å². The molecular weight excluding hydrogens is 459 g/mol. The second kappa shape index (κ2) is 8.37. The van der Waals surface area contributed by atoms with Crippen LogP contribution in [0.4, 0.5) is 4.39 Å². The number of alkyl halides is 1. The van der Waals surface area contributed by atoms with Gasteiger partial charge in [0.05, 0.1) is 29.3 Å². The van der Waals surface area contributed by atoms with Crippen LogP contribution in [0.5, 0.6) is 0 Å². The van der Waals surface area contributed by atoms with Crippen LogP contribution >= 0.6 is 0 Å². The lowest BCUT2D eigenvalue weighted by atomic mass is 10.0. The number of carbonyl (C=O) groups is 1. The highest BCUT2D eigenvalue weighted by Crippen LogP contribution is 2.36. The van der Waals surface area contributed by atoms with Crippen molar-refractivity contribution < 1.29 is 14.3 Å². The van der Waals surface area contributed by atoms with Crippen molar-refractivity contribution in [3.05, 3.63) is 41.2 Å². The van der Waals surface area contributed by atoms with E-state index in [4.69, 9.17) is 15.0 Å². The minimum Gasteiger partial charge on any atom is -0.384 e. The number of amides is 1. The van der Waals surface area contributed by atoms with Crippen LogP contribution in [-0.2, 0) is 25.6 Å². The summed E-state index contributed by atoms with van der Waals surface area (Å²) in [6.07, 6.45) is 3.39. The van der Waals surface area contributed by atoms with Crippen molar-refractivity contribution in [2.75, 3.05) is 19.8 Å².